The first-order chi connectivity index (χ1) is 6.34. The second-order valence-corrected chi connectivity index (χ2v) is 9.22. The van der Waals surface area contributed by atoms with Crippen LogP contribution in [0.2, 0.25) is 0 Å². The van der Waals surface area contributed by atoms with E-state index in [0.29, 0.717) is 0 Å². The van der Waals surface area contributed by atoms with Gasteiger partial charge in [-0.3, -0.25) is 0 Å². The van der Waals surface area contributed by atoms with E-state index in [0.717, 1.165) is 16.5 Å². The lowest BCUT2D eigenvalue weighted by molar-refractivity contribution is 0.271. The van der Waals surface area contributed by atoms with Crippen LogP contribution in [0.15, 0.2) is 0 Å². The Bertz CT molecular complexity index is 133. The fourth-order valence-electron chi connectivity index (χ4n) is 1.89. The molecule has 0 atom stereocenters. The predicted molar refractivity (Wildman–Crippen MR) is 63.8 cm³/mol. The van der Waals surface area contributed by atoms with Gasteiger partial charge in [0.05, 0.1) is 0 Å². The second kappa shape index (κ2) is 6.91. The van der Waals surface area contributed by atoms with E-state index in [2.05, 4.69) is 11.6 Å². The average Bonchev–Trinajstić information content (AvgIpc) is 2.19. The predicted octanol–water partition coefficient (Wildman–Crippen LogP) is -1.44. The van der Waals surface area contributed by atoms with Crippen LogP contribution < -0.4 is 0 Å². The van der Waals surface area contributed by atoms with Crippen molar-refractivity contribution in [3.05, 3.63) is 0 Å². The summed E-state index contributed by atoms with van der Waals surface area (Å²) in [5.41, 5.74) is 0. The standard InChI is InChI=1S/C7H21NO2Si3/c1-8(12-10-13-9-11)7-5-3-2-4-6-7/h7H,2-6,12-13H2,1,11H3. The summed E-state index contributed by atoms with van der Waals surface area (Å²) in [5.74, 6) is 0. The molecule has 0 aromatic carbocycles. The first kappa shape index (κ1) is 11.6. The van der Waals surface area contributed by atoms with Gasteiger partial charge in [-0.2, -0.15) is 0 Å². The lowest BCUT2D eigenvalue weighted by Gasteiger charge is -2.30. The summed E-state index contributed by atoms with van der Waals surface area (Å²) in [5, 5.41) is 0. The average molecular weight is 236 g/mol. The molecule has 6 heteroatoms. The largest absolute Gasteiger partial charge is 0.449 e. The van der Waals surface area contributed by atoms with Gasteiger partial charge >= 0.3 is 0 Å². The van der Waals surface area contributed by atoms with E-state index in [4.69, 9.17) is 8.23 Å². The van der Waals surface area contributed by atoms with Gasteiger partial charge in [-0.05, 0) is 19.9 Å². The molecule has 1 aliphatic carbocycles. The third kappa shape index (κ3) is 4.52. The molecule has 0 unspecified atom stereocenters. The van der Waals surface area contributed by atoms with Crippen LogP contribution in [0.5, 0.6) is 0 Å². The topological polar surface area (TPSA) is 21.7 Å². The first-order valence-corrected chi connectivity index (χ1v) is 8.29. The van der Waals surface area contributed by atoms with Gasteiger partial charge in [0.2, 0.25) is 9.92 Å². The summed E-state index contributed by atoms with van der Waals surface area (Å²) in [4.78, 5) is 0. The first-order valence-electron chi connectivity index (χ1n) is 5.11. The van der Waals surface area contributed by atoms with Gasteiger partial charge in [-0.15, -0.1) is 0 Å². The molecule has 1 saturated carbocycles. The maximum atomic E-state index is 5.61. The zero-order chi connectivity index (χ0) is 9.52. The summed E-state index contributed by atoms with van der Waals surface area (Å²) < 4.78 is 13.2. The van der Waals surface area contributed by atoms with Crippen molar-refractivity contribution in [1.82, 2.24) is 4.57 Å². The van der Waals surface area contributed by atoms with E-state index >= 15 is 0 Å². The van der Waals surface area contributed by atoms with E-state index in [1.165, 1.54) is 32.1 Å². The van der Waals surface area contributed by atoms with Crippen molar-refractivity contribution in [3.63, 3.8) is 0 Å². The normalized spacial score (nSPS) is 21.7. The van der Waals surface area contributed by atoms with Crippen LogP contribution in [-0.4, -0.2) is 48.1 Å². The van der Waals surface area contributed by atoms with Crippen LogP contribution >= 0.6 is 0 Å². The van der Waals surface area contributed by atoms with Crippen molar-refractivity contribution in [1.29, 1.82) is 0 Å². The molecule has 0 radical (unpaired) electrons. The highest BCUT2D eigenvalue weighted by Gasteiger charge is 2.17. The van der Waals surface area contributed by atoms with Crippen molar-refractivity contribution in [2.75, 3.05) is 7.05 Å². The SMILES string of the molecule is CN([SiH2]O[SiH2]O[SiH3])C1CCCCC1. The molecule has 78 valence electrons. The minimum absolute atomic E-state index is 0.428. The highest BCUT2D eigenvalue weighted by atomic mass is 28.3. The van der Waals surface area contributed by atoms with Crippen molar-refractivity contribution in [2.45, 2.75) is 38.1 Å². The third-order valence-electron chi connectivity index (χ3n) is 2.69. The van der Waals surface area contributed by atoms with Crippen LogP contribution in [0.4, 0.5) is 0 Å². The van der Waals surface area contributed by atoms with E-state index in [-0.39, 0.29) is 0 Å². The number of rotatable bonds is 5. The number of hydrogen-bond acceptors (Lipinski definition) is 3. The van der Waals surface area contributed by atoms with Crippen LogP contribution in [0.1, 0.15) is 32.1 Å². The lowest BCUT2D eigenvalue weighted by Crippen LogP contribution is -2.38. The fraction of sp³-hybridized carbons (Fsp3) is 1.00. The summed E-state index contributed by atoms with van der Waals surface area (Å²) in [7, 11) is 2.07. The van der Waals surface area contributed by atoms with Gasteiger partial charge in [0, 0.05) is 6.04 Å². The van der Waals surface area contributed by atoms with Crippen LogP contribution in [0, 0.1) is 0 Å². The Hall–Kier alpha value is 0.531. The Kier molecular flexibility index (Phi) is 6.17. The Morgan fingerprint density at radius 2 is 2.00 bits per heavy atom. The summed E-state index contributed by atoms with van der Waals surface area (Å²) in [6.07, 6.45) is 7.04. The lowest BCUT2D eigenvalue weighted by atomic mass is 9.96. The minimum Gasteiger partial charge on any atom is -0.449 e. The Morgan fingerprint density at radius 1 is 1.31 bits per heavy atom. The zero-order valence-corrected chi connectivity index (χ0v) is 13.6. The molecule has 0 saturated heterocycles. The molecule has 0 aromatic heterocycles. The fourth-order valence-corrected chi connectivity index (χ4v) is 6.08. The summed E-state index contributed by atoms with van der Waals surface area (Å²) >= 11 is 0. The smallest absolute Gasteiger partial charge is 0.283 e. The Balaban J connectivity index is 2.09. The molecule has 3 nitrogen and oxygen atoms in total. The van der Waals surface area contributed by atoms with E-state index in [9.17, 15) is 0 Å². The molecular weight excluding hydrogens is 214 g/mol. The summed E-state index contributed by atoms with van der Waals surface area (Å²) in [6, 6.07) is 0.823. The van der Waals surface area contributed by atoms with Gasteiger partial charge in [0.15, 0.2) is 0 Å². The highest BCUT2D eigenvalue weighted by molar-refractivity contribution is 6.39. The molecule has 0 aromatic rings. The van der Waals surface area contributed by atoms with Crippen molar-refractivity contribution in [2.24, 2.45) is 0 Å². The second-order valence-electron chi connectivity index (χ2n) is 3.79. The molecule has 0 N–H and O–H groups in total. The molecule has 0 bridgehead atoms. The van der Waals surface area contributed by atoms with Gasteiger partial charge in [-0.25, -0.2) is 0 Å². The quantitative estimate of drug-likeness (QED) is 0.430. The van der Waals surface area contributed by atoms with Crippen LogP contribution in [-0.2, 0) is 8.23 Å². The molecule has 13 heavy (non-hydrogen) atoms. The molecule has 1 fully saturated rings. The molecule has 0 spiro atoms. The number of nitrogens with zero attached hydrogens (tertiary/aromatic N) is 1. The van der Waals surface area contributed by atoms with Gasteiger partial charge in [0.1, 0.15) is 10.5 Å². The van der Waals surface area contributed by atoms with Crippen molar-refractivity contribution >= 4 is 30.4 Å². The monoisotopic (exact) mass is 235 g/mol. The molecule has 0 aliphatic heterocycles. The molecule has 0 heterocycles. The molecule has 0 amide bonds. The minimum atomic E-state index is -0.575. The molecule has 1 rings (SSSR count). The zero-order valence-electron chi connectivity index (χ0n) is 8.79. The van der Waals surface area contributed by atoms with Gasteiger partial charge in [0.25, 0.3) is 10.0 Å². The third-order valence-corrected chi connectivity index (χ3v) is 5.96. The summed E-state index contributed by atoms with van der Waals surface area (Å²) in [6.45, 7) is 0. The Morgan fingerprint density at radius 3 is 2.62 bits per heavy atom. The van der Waals surface area contributed by atoms with Crippen molar-refractivity contribution in [3.8, 4) is 0 Å². The highest BCUT2D eigenvalue weighted by Crippen LogP contribution is 2.20. The van der Waals surface area contributed by atoms with E-state index < -0.39 is 19.9 Å². The number of hydrogen-bond donors (Lipinski definition) is 0. The molecule has 1 aliphatic rings. The van der Waals surface area contributed by atoms with E-state index in [1.807, 2.05) is 0 Å². The van der Waals surface area contributed by atoms with Crippen LogP contribution in [0.25, 0.3) is 0 Å². The van der Waals surface area contributed by atoms with Crippen LogP contribution in [0.3, 0.4) is 0 Å². The maximum Gasteiger partial charge on any atom is 0.283 e. The van der Waals surface area contributed by atoms with E-state index in [1.54, 1.807) is 0 Å². The molecular formula is C7H21NO2Si3. The van der Waals surface area contributed by atoms with Crippen molar-refractivity contribution < 1.29 is 8.23 Å². The van der Waals surface area contributed by atoms with Gasteiger partial charge < -0.3 is 12.8 Å². The Labute approximate surface area is 88.8 Å². The maximum absolute atomic E-state index is 5.61. The van der Waals surface area contributed by atoms with Gasteiger partial charge in [-0.1, -0.05) is 19.3 Å².